The number of sulfone groups is 1. The van der Waals surface area contributed by atoms with Crippen molar-refractivity contribution in [2.45, 2.75) is 9.10 Å². The third kappa shape index (κ3) is 2.22. The molecule has 17 heavy (non-hydrogen) atoms. The minimum Gasteiger partial charge on any atom is -0.544 e. The van der Waals surface area contributed by atoms with Crippen molar-refractivity contribution in [2.75, 3.05) is 0 Å². The van der Waals surface area contributed by atoms with Crippen molar-refractivity contribution in [1.29, 1.82) is 0 Å². The van der Waals surface area contributed by atoms with Crippen molar-refractivity contribution >= 4 is 27.1 Å². The number of thiophene rings is 1. The Morgan fingerprint density at radius 1 is 1.06 bits per heavy atom. The van der Waals surface area contributed by atoms with E-state index in [1.807, 2.05) is 0 Å². The number of aromatic carboxylic acids is 1. The van der Waals surface area contributed by atoms with E-state index in [1.165, 1.54) is 24.3 Å². The molecule has 0 aliphatic rings. The first-order valence-corrected chi connectivity index (χ1v) is 6.93. The van der Waals surface area contributed by atoms with Crippen LogP contribution in [0.1, 0.15) is 9.67 Å². The summed E-state index contributed by atoms with van der Waals surface area (Å²) >= 11 is 0.693. The molecular formula is C11H7O4S2-. The highest BCUT2D eigenvalue weighted by molar-refractivity contribution is 7.93. The fourth-order valence-corrected chi connectivity index (χ4v) is 3.85. The van der Waals surface area contributed by atoms with Crippen LogP contribution < -0.4 is 5.11 Å². The van der Waals surface area contributed by atoms with E-state index < -0.39 is 15.8 Å². The summed E-state index contributed by atoms with van der Waals surface area (Å²) in [6.45, 7) is 0. The second-order valence-electron chi connectivity index (χ2n) is 3.22. The molecule has 2 aromatic rings. The topological polar surface area (TPSA) is 74.3 Å². The van der Waals surface area contributed by atoms with Gasteiger partial charge in [-0.25, -0.2) is 8.42 Å². The van der Waals surface area contributed by atoms with Crippen molar-refractivity contribution in [2.24, 2.45) is 0 Å². The quantitative estimate of drug-likeness (QED) is 0.829. The zero-order valence-electron chi connectivity index (χ0n) is 8.49. The maximum atomic E-state index is 12.1. The molecule has 6 heteroatoms. The molecule has 0 radical (unpaired) electrons. The van der Waals surface area contributed by atoms with Crippen LogP contribution in [-0.4, -0.2) is 14.4 Å². The average Bonchev–Trinajstić information content (AvgIpc) is 2.80. The van der Waals surface area contributed by atoms with Gasteiger partial charge in [-0.1, -0.05) is 18.2 Å². The predicted octanol–water partition coefficient (Wildman–Crippen LogP) is 0.944. The van der Waals surface area contributed by atoms with E-state index in [2.05, 4.69) is 0 Å². The first-order chi connectivity index (χ1) is 8.01. The van der Waals surface area contributed by atoms with Crippen molar-refractivity contribution in [3.63, 3.8) is 0 Å². The third-order valence-electron chi connectivity index (χ3n) is 2.10. The lowest BCUT2D eigenvalue weighted by Crippen LogP contribution is -2.20. The molecule has 0 saturated heterocycles. The second kappa shape index (κ2) is 4.31. The van der Waals surface area contributed by atoms with Gasteiger partial charge < -0.3 is 9.90 Å². The minimum absolute atomic E-state index is 0.00269. The number of rotatable bonds is 3. The first kappa shape index (κ1) is 11.8. The molecule has 0 unspecified atom stereocenters. The van der Waals surface area contributed by atoms with Gasteiger partial charge in [0.25, 0.3) is 0 Å². The molecule has 0 saturated carbocycles. The van der Waals surface area contributed by atoms with Crippen LogP contribution in [0.5, 0.6) is 0 Å². The van der Waals surface area contributed by atoms with Crippen LogP contribution >= 0.6 is 11.3 Å². The summed E-state index contributed by atoms with van der Waals surface area (Å²) in [5.74, 6) is -1.37. The first-order valence-electron chi connectivity index (χ1n) is 4.63. The highest BCUT2D eigenvalue weighted by Gasteiger charge is 2.19. The van der Waals surface area contributed by atoms with E-state index in [0.717, 1.165) is 0 Å². The van der Waals surface area contributed by atoms with Crippen molar-refractivity contribution in [1.82, 2.24) is 0 Å². The summed E-state index contributed by atoms with van der Waals surface area (Å²) in [5, 5.41) is 10.6. The third-order valence-corrected chi connectivity index (χ3v) is 5.43. The molecule has 1 heterocycles. The fourth-order valence-electron chi connectivity index (χ4n) is 1.29. The van der Waals surface area contributed by atoms with Gasteiger partial charge in [0.2, 0.25) is 9.84 Å². The summed E-state index contributed by atoms with van der Waals surface area (Å²) < 4.78 is 24.1. The van der Waals surface area contributed by atoms with E-state index in [9.17, 15) is 18.3 Å². The van der Waals surface area contributed by atoms with Crippen molar-refractivity contribution in [3.05, 3.63) is 47.3 Å². The van der Waals surface area contributed by atoms with Gasteiger partial charge in [-0.2, -0.15) is 0 Å². The van der Waals surface area contributed by atoms with Gasteiger partial charge in [0.05, 0.1) is 15.7 Å². The van der Waals surface area contributed by atoms with E-state index in [4.69, 9.17) is 0 Å². The monoisotopic (exact) mass is 267 g/mol. The van der Waals surface area contributed by atoms with Gasteiger partial charge >= 0.3 is 0 Å². The van der Waals surface area contributed by atoms with Crippen LogP contribution in [0.2, 0.25) is 0 Å². The second-order valence-corrected chi connectivity index (χ2v) is 6.48. The molecule has 2 rings (SSSR count). The molecule has 1 aromatic heterocycles. The largest absolute Gasteiger partial charge is 0.544 e. The van der Waals surface area contributed by atoms with Gasteiger partial charge in [-0.05, 0) is 24.3 Å². The number of hydrogen-bond acceptors (Lipinski definition) is 5. The molecule has 88 valence electrons. The lowest BCUT2D eigenvalue weighted by Gasteiger charge is -2.00. The highest BCUT2D eigenvalue weighted by atomic mass is 32.2. The molecule has 0 bridgehead atoms. The Kier molecular flexibility index (Phi) is 2.99. The Morgan fingerprint density at radius 2 is 1.71 bits per heavy atom. The maximum Gasteiger partial charge on any atom is 0.215 e. The van der Waals surface area contributed by atoms with Gasteiger partial charge in [0.1, 0.15) is 4.21 Å². The number of carboxylic acids is 1. The zero-order valence-corrected chi connectivity index (χ0v) is 10.1. The van der Waals surface area contributed by atoms with Gasteiger partial charge in [-0.3, -0.25) is 0 Å². The molecule has 4 nitrogen and oxygen atoms in total. The maximum absolute atomic E-state index is 12.1. The molecule has 0 amide bonds. The van der Waals surface area contributed by atoms with Crippen LogP contribution in [0.4, 0.5) is 0 Å². The summed E-state index contributed by atoms with van der Waals surface area (Å²) in [6, 6.07) is 10.4. The molecule has 1 aromatic carbocycles. The molecule has 0 aliphatic heterocycles. The molecule has 0 atom stereocenters. The minimum atomic E-state index is -3.62. The van der Waals surface area contributed by atoms with Crippen molar-refractivity contribution in [3.8, 4) is 0 Å². The Labute approximate surface area is 102 Å². The van der Waals surface area contributed by atoms with Crippen LogP contribution in [0, 0.1) is 0 Å². The van der Waals surface area contributed by atoms with E-state index >= 15 is 0 Å². The lowest BCUT2D eigenvalue weighted by molar-refractivity contribution is -0.254. The van der Waals surface area contributed by atoms with Gasteiger partial charge in [0.15, 0.2) is 0 Å². The summed E-state index contributed by atoms with van der Waals surface area (Å²) in [7, 11) is -3.62. The molecule has 0 N–H and O–H groups in total. The summed E-state index contributed by atoms with van der Waals surface area (Å²) in [5.41, 5.74) is 0. The Bertz CT molecular complexity index is 641. The number of carbonyl (C=O) groups is 1. The molecule has 0 spiro atoms. The van der Waals surface area contributed by atoms with Crippen LogP contribution in [0.15, 0.2) is 51.6 Å². The smallest absolute Gasteiger partial charge is 0.215 e. The van der Waals surface area contributed by atoms with E-state index in [-0.39, 0.29) is 14.0 Å². The SMILES string of the molecule is O=C([O-])c1ccc(S(=O)(=O)c2ccccc2)s1. The Morgan fingerprint density at radius 3 is 2.24 bits per heavy atom. The van der Waals surface area contributed by atoms with Crippen LogP contribution in [-0.2, 0) is 9.84 Å². The highest BCUT2D eigenvalue weighted by Crippen LogP contribution is 2.27. The molecular weight excluding hydrogens is 260 g/mol. The molecule has 0 aliphatic carbocycles. The van der Waals surface area contributed by atoms with Crippen molar-refractivity contribution < 1.29 is 18.3 Å². The summed E-state index contributed by atoms with van der Waals surface area (Å²) in [4.78, 5) is 10.6. The standard InChI is InChI=1S/C11H8O4S2/c12-11(13)9-6-7-10(16-9)17(14,15)8-4-2-1-3-5-8/h1-7H,(H,12,13)/p-1. The van der Waals surface area contributed by atoms with Gasteiger partial charge in [0, 0.05) is 0 Å². The van der Waals surface area contributed by atoms with Crippen LogP contribution in [0.25, 0.3) is 0 Å². The molecule has 0 fully saturated rings. The Balaban J connectivity index is 2.49. The number of benzene rings is 1. The van der Waals surface area contributed by atoms with E-state index in [0.29, 0.717) is 11.3 Å². The van der Waals surface area contributed by atoms with Gasteiger partial charge in [-0.15, -0.1) is 11.3 Å². The van der Waals surface area contributed by atoms with Crippen LogP contribution in [0.3, 0.4) is 0 Å². The number of hydrogen-bond donors (Lipinski definition) is 0. The normalized spacial score (nSPS) is 11.3. The summed E-state index contributed by atoms with van der Waals surface area (Å²) in [6.07, 6.45) is 0. The zero-order chi connectivity index (χ0) is 12.5. The van der Waals surface area contributed by atoms with E-state index in [1.54, 1.807) is 18.2 Å². The Hall–Kier alpha value is -1.66. The number of carbonyl (C=O) groups excluding carboxylic acids is 1. The number of carboxylic acid groups (broad SMARTS) is 1. The predicted molar refractivity (Wildman–Crippen MR) is 60.5 cm³/mol. The average molecular weight is 267 g/mol. The lowest BCUT2D eigenvalue weighted by atomic mass is 10.4. The fraction of sp³-hybridized carbons (Fsp3) is 0.